The highest BCUT2D eigenvalue weighted by atomic mass is 32.1. The first-order chi connectivity index (χ1) is 12.1. The maximum atomic E-state index is 12.3. The Morgan fingerprint density at radius 2 is 1.96 bits per heavy atom. The van der Waals surface area contributed by atoms with Gasteiger partial charge in [0.2, 0.25) is 5.91 Å². The minimum Gasteiger partial charge on any atom is -0.497 e. The molecular formula is C18H18N2O4S. The fourth-order valence-electron chi connectivity index (χ4n) is 2.55. The molecule has 3 aromatic rings. The molecule has 0 saturated heterocycles. The van der Waals surface area contributed by atoms with Crippen LogP contribution in [0.3, 0.4) is 0 Å². The molecule has 0 aliphatic carbocycles. The van der Waals surface area contributed by atoms with E-state index in [1.54, 1.807) is 29.9 Å². The Hall–Kier alpha value is -2.80. The number of anilines is 1. The molecule has 1 aromatic heterocycles. The van der Waals surface area contributed by atoms with Gasteiger partial charge in [0.15, 0.2) is 0 Å². The van der Waals surface area contributed by atoms with Gasteiger partial charge in [0, 0.05) is 19.0 Å². The van der Waals surface area contributed by atoms with E-state index in [1.807, 2.05) is 24.3 Å². The molecule has 0 spiro atoms. The molecule has 1 N–H and O–H groups in total. The monoisotopic (exact) mass is 358 g/mol. The number of amides is 1. The molecule has 6 nitrogen and oxygen atoms in total. The molecule has 0 saturated carbocycles. The van der Waals surface area contributed by atoms with E-state index in [1.165, 1.54) is 18.4 Å². The van der Waals surface area contributed by atoms with Gasteiger partial charge in [0.05, 0.1) is 30.1 Å². The summed E-state index contributed by atoms with van der Waals surface area (Å²) in [5.74, 6) is 0.975. The average molecular weight is 358 g/mol. The average Bonchev–Trinajstić information content (AvgIpc) is 2.95. The number of para-hydroxylation sites is 1. The van der Waals surface area contributed by atoms with Gasteiger partial charge in [-0.2, -0.15) is 0 Å². The first-order valence-electron chi connectivity index (χ1n) is 7.72. The first-order valence-corrected chi connectivity index (χ1v) is 8.54. The molecule has 1 amide bonds. The highest BCUT2D eigenvalue weighted by Crippen LogP contribution is 2.29. The Labute approximate surface area is 148 Å². The van der Waals surface area contributed by atoms with E-state index in [4.69, 9.17) is 9.47 Å². The second-order valence-corrected chi connectivity index (χ2v) is 6.34. The third-order valence-electron chi connectivity index (χ3n) is 3.82. The fourth-order valence-corrected chi connectivity index (χ4v) is 3.47. The molecule has 0 bridgehead atoms. The normalized spacial score (nSPS) is 10.6. The third kappa shape index (κ3) is 3.66. The number of aryl methyl sites for hydroxylation is 1. The molecule has 3 rings (SSSR count). The van der Waals surface area contributed by atoms with E-state index in [0.29, 0.717) is 23.7 Å². The summed E-state index contributed by atoms with van der Waals surface area (Å²) >= 11 is 1.19. The summed E-state index contributed by atoms with van der Waals surface area (Å²) in [5.41, 5.74) is 1.42. The van der Waals surface area contributed by atoms with E-state index < -0.39 is 0 Å². The molecule has 0 radical (unpaired) electrons. The van der Waals surface area contributed by atoms with Crippen molar-refractivity contribution in [1.82, 2.24) is 4.57 Å². The van der Waals surface area contributed by atoms with Crippen LogP contribution in [0.2, 0.25) is 0 Å². The highest BCUT2D eigenvalue weighted by Gasteiger charge is 2.11. The van der Waals surface area contributed by atoms with Crippen LogP contribution >= 0.6 is 11.3 Å². The summed E-state index contributed by atoms with van der Waals surface area (Å²) in [7, 11) is 3.09. The number of methoxy groups -OCH3 is 2. The van der Waals surface area contributed by atoms with Gasteiger partial charge >= 0.3 is 4.87 Å². The Balaban J connectivity index is 1.71. The number of carbonyl (C=O) groups excluding carboxylic acids is 1. The van der Waals surface area contributed by atoms with Crippen LogP contribution in [0.1, 0.15) is 6.42 Å². The number of fused-ring (bicyclic) bond motifs is 1. The summed E-state index contributed by atoms with van der Waals surface area (Å²) in [6, 6.07) is 12.7. The third-order valence-corrected chi connectivity index (χ3v) is 4.78. The van der Waals surface area contributed by atoms with Crippen LogP contribution in [0.5, 0.6) is 11.5 Å². The number of benzene rings is 2. The van der Waals surface area contributed by atoms with Crippen molar-refractivity contribution in [2.24, 2.45) is 0 Å². The van der Waals surface area contributed by atoms with Crippen molar-refractivity contribution in [2.75, 3.05) is 19.5 Å². The summed E-state index contributed by atoms with van der Waals surface area (Å²) < 4.78 is 13.0. The zero-order valence-corrected chi connectivity index (χ0v) is 14.8. The molecule has 0 fully saturated rings. The van der Waals surface area contributed by atoms with E-state index in [2.05, 4.69) is 5.32 Å². The fraction of sp³-hybridized carbons (Fsp3) is 0.222. The van der Waals surface area contributed by atoms with Crippen molar-refractivity contribution in [1.29, 1.82) is 0 Å². The molecule has 130 valence electrons. The molecule has 2 aromatic carbocycles. The van der Waals surface area contributed by atoms with Crippen LogP contribution < -0.4 is 19.7 Å². The standard InChI is InChI=1S/C18H18N2O4S/c1-23-12-7-8-13(15(11-12)24-2)19-17(21)9-10-20-14-5-3-4-6-16(14)25-18(20)22/h3-8,11H,9-10H2,1-2H3,(H,19,21). The van der Waals surface area contributed by atoms with Crippen molar-refractivity contribution < 1.29 is 14.3 Å². The SMILES string of the molecule is COc1ccc(NC(=O)CCn2c(=O)sc3ccccc32)c(OC)c1. The van der Waals surface area contributed by atoms with Crippen LogP contribution in [0, 0.1) is 0 Å². The van der Waals surface area contributed by atoms with Crippen molar-refractivity contribution in [2.45, 2.75) is 13.0 Å². The zero-order valence-electron chi connectivity index (χ0n) is 13.9. The number of hydrogen-bond donors (Lipinski definition) is 1. The van der Waals surface area contributed by atoms with Gasteiger partial charge in [0.1, 0.15) is 11.5 Å². The zero-order chi connectivity index (χ0) is 17.8. The molecule has 0 aliphatic heterocycles. The van der Waals surface area contributed by atoms with E-state index in [9.17, 15) is 9.59 Å². The van der Waals surface area contributed by atoms with Crippen molar-refractivity contribution in [3.63, 3.8) is 0 Å². The van der Waals surface area contributed by atoms with Gasteiger partial charge in [-0.3, -0.25) is 14.2 Å². The molecule has 7 heteroatoms. The topological polar surface area (TPSA) is 69.6 Å². The van der Waals surface area contributed by atoms with Gasteiger partial charge in [0.25, 0.3) is 0 Å². The molecule has 1 heterocycles. The maximum absolute atomic E-state index is 12.3. The Morgan fingerprint density at radius 1 is 1.16 bits per heavy atom. The minimum absolute atomic E-state index is 0.0592. The minimum atomic E-state index is -0.189. The van der Waals surface area contributed by atoms with Crippen molar-refractivity contribution in [3.05, 3.63) is 52.1 Å². The van der Waals surface area contributed by atoms with Crippen LogP contribution in [0.25, 0.3) is 10.2 Å². The lowest BCUT2D eigenvalue weighted by Gasteiger charge is -2.11. The number of ether oxygens (including phenoxy) is 2. The molecule has 0 atom stereocenters. The summed E-state index contributed by atoms with van der Waals surface area (Å²) in [4.78, 5) is 24.3. The molecule has 25 heavy (non-hydrogen) atoms. The summed E-state index contributed by atoms with van der Waals surface area (Å²) in [5, 5.41) is 2.81. The van der Waals surface area contributed by atoms with E-state index in [-0.39, 0.29) is 17.2 Å². The largest absolute Gasteiger partial charge is 0.497 e. The second kappa shape index (κ2) is 7.40. The van der Waals surface area contributed by atoms with Crippen LogP contribution in [-0.4, -0.2) is 24.7 Å². The number of aromatic nitrogens is 1. The quantitative estimate of drug-likeness (QED) is 0.735. The number of carbonyl (C=O) groups is 1. The van der Waals surface area contributed by atoms with Gasteiger partial charge in [-0.25, -0.2) is 0 Å². The predicted octanol–water partition coefficient (Wildman–Crippen LogP) is 3.11. The number of thiazole rings is 1. The van der Waals surface area contributed by atoms with Crippen LogP contribution in [0.15, 0.2) is 47.3 Å². The first kappa shape index (κ1) is 17.0. The number of rotatable bonds is 6. The Kier molecular flexibility index (Phi) is 5.04. The Morgan fingerprint density at radius 3 is 2.72 bits per heavy atom. The van der Waals surface area contributed by atoms with Gasteiger partial charge in [-0.15, -0.1) is 0 Å². The molecular weight excluding hydrogens is 340 g/mol. The van der Waals surface area contributed by atoms with Crippen LogP contribution in [0.4, 0.5) is 5.69 Å². The Bertz CT molecular complexity index is 961. The van der Waals surface area contributed by atoms with Gasteiger partial charge in [-0.1, -0.05) is 23.5 Å². The van der Waals surface area contributed by atoms with Crippen LogP contribution in [-0.2, 0) is 11.3 Å². The summed E-state index contributed by atoms with van der Waals surface area (Å²) in [6.45, 7) is 0.327. The van der Waals surface area contributed by atoms with Crippen molar-refractivity contribution in [3.8, 4) is 11.5 Å². The van der Waals surface area contributed by atoms with E-state index in [0.717, 1.165) is 10.2 Å². The summed E-state index contributed by atoms with van der Waals surface area (Å²) in [6.07, 6.45) is 0.190. The lowest BCUT2D eigenvalue weighted by Crippen LogP contribution is -2.19. The smallest absolute Gasteiger partial charge is 0.308 e. The predicted molar refractivity (Wildman–Crippen MR) is 98.9 cm³/mol. The van der Waals surface area contributed by atoms with Gasteiger partial charge in [-0.05, 0) is 24.3 Å². The van der Waals surface area contributed by atoms with Crippen molar-refractivity contribution >= 4 is 33.1 Å². The lowest BCUT2D eigenvalue weighted by atomic mass is 10.2. The highest BCUT2D eigenvalue weighted by molar-refractivity contribution is 7.16. The maximum Gasteiger partial charge on any atom is 0.308 e. The van der Waals surface area contributed by atoms with Gasteiger partial charge < -0.3 is 14.8 Å². The number of hydrogen-bond acceptors (Lipinski definition) is 5. The number of nitrogens with one attached hydrogen (secondary N) is 1. The molecule has 0 aliphatic rings. The lowest BCUT2D eigenvalue weighted by molar-refractivity contribution is -0.116. The number of nitrogens with zero attached hydrogens (tertiary/aromatic N) is 1. The molecule has 0 unspecified atom stereocenters. The van der Waals surface area contributed by atoms with E-state index >= 15 is 0 Å². The second-order valence-electron chi connectivity index (χ2n) is 5.35.